The quantitative estimate of drug-likeness (QED) is 0.292. The van der Waals surface area contributed by atoms with E-state index in [2.05, 4.69) is 44.6 Å². The monoisotopic (exact) mass is 518 g/mol. The Kier molecular flexibility index (Phi) is 7.69. The molecule has 3 atom stereocenters. The highest BCUT2D eigenvalue weighted by molar-refractivity contribution is 6.31. The zero-order chi connectivity index (χ0) is 25.8. The number of pyridine rings is 1. The van der Waals surface area contributed by atoms with Crippen molar-refractivity contribution in [3.05, 3.63) is 72.0 Å². The zero-order valence-electron chi connectivity index (χ0n) is 21.2. The number of nitrogens with one attached hydrogen (secondary N) is 2. The van der Waals surface area contributed by atoms with Gasteiger partial charge in [-0.25, -0.2) is 4.98 Å². The predicted molar refractivity (Wildman–Crippen MR) is 148 cm³/mol. The van der Waals surface area contributed by atoms with Crippen molar-refractivity contribution < 1.29 is 9.47 Å². The van der Waals surface area contributed by atoms with E-state index in [0.717, 1.165) is 47.3 Å². The molecule has 0 bridgehead atoms. The summed E-state index contributed by atoms with van der Waals surface area (Å²) in [5.41, 5.74) is 2.57. The molecular weight excluding hydrogens is 488 g/mol. The number of aromatic nitrogens is 3. The van der Waals surface area contributed by atoms with Crippen molar-refractivity contribution in [3.63, 3.8) is 0 Å². The average Bonchev–Trinajstić information content (AvgIpc) is 2.89. The van der Waals surface area contributed by atoms with Crippen LogP contribution >= 0.6 is 11.6 Å². The van der Waals surface area contributed by atoms with Gasteiger partial charge in [0.25, 0.3) is 0 Å². The molecule has 0 spiro atoms. The molecule has 8 nitrogen and oxygen atoms in total. The maximum absolute atomic E-state index is 6.26. The Labute approximate surface area is 222 Å². The summed E-state index contributed by atoms with van der Waals surface area (Å²) in [6.45, 7) is 0. The Morgan fingerprint density at radius 3 is 2.57 bits per heavy atom. The summed E-state index contributed by atoms with van der Waals surface area (Å²) in [6.07, 6.45) is 6.74. The van der Waals surface area contributed by atoms with E-state index >= 15 is 0 Å². The zero-order valence-corrected chi connectivity index (χ0v) is 21.9. The molecule has 0 unspecified atom stereocenters. The average molecular weight is 519 g/mol. The number of anilines is 4. The summed E-state index contributed by atoms with van der Waals surface area (Å²) in [5.74, 6) is 1.98. The predicted octanol–water partition coefficient (Wildman–Crippen LogP) is 6.04. The Hall–Kier alpha value is -3.46. The molecule has 192 valence electrons. The fourth-order valence-corrected chi connectivity index (χ4v) is 4.95. The van der Waals surface area contributed by atoms with Gasteiger partial charge in [0, 0.05) is 41.9 Å². The van der Waals surface area contributed by atoms with Crippen molar-refractivity contribution in [1.29, 1.82) is 0 Å². The molecule has 1 aliphatic rings. The molecule has 2 aromatic carbocycles. The van der Waals surface area contributed by atoms with Crippen LogP contribution in [0.2, 0.25) is 5.02 Å². The van der Waals surface area contributed by atoms with Gasteiger partial charge in [-0.15, -0.1) is 0 Å². The molecule has 1 aliphatic carbocycles. The van der Waals surface area contributed by atoms with Crippen LogP contribution in [0, 0.1) is 0 Å². The van der Waals surface area contributed by atoms with Crippen molar-refractivity contribution >= 4 is 45.6 Å². The van der Waals surface area contributed by atoms with Crippen molar-refractivity contribution in [3.8, 4) is 5.75 Å². The number of halogens is 1. The van der Waals surface area contributed by atoms with Crippen LogP contribution in [0.25, 0.3) is 10.9 Å². The fourth-order valence-electron chi connectivity index (χ4n) is 4.77. The minimum Gasteiger partial charge on any atom is -0.490 e. The summed E-state index contributed by atoms with van der Waals surface area (Å²) in [6, 6.07) is 17.7. The standard InChI is InChI=1S/C28H31ClN6O2/c1-35(2)25-11-9-23(16-26(25)36-3)37-22-7-5-20(6-8-22)33-28-30-13-12-27(34-28)32-21-15-18-14-19(29)4-10-24(18)31-17-21/h4-8,10,12-15,17,23,25-26H,9,11,16H2,1-3H3,(H2,30,32,33,34)/t23-,25-,26-/m0/s1. The first-order valence-electron chi connectivity index (χ1n) is 12.3. The lowest BCUT2D eigenvalue weighted by molar-refractivity contribution is -0.0299. The van der Waals surface area contributed by atoms with Gasteiger partial charge in [0.15, 0.2) is 0 Å². The normalized spacial score (nSPS) is 19.6. The van der Waals surface area contributed by atoms with Crippen LogP contribution in [-0.4, -0.2) is 59.3 Å². The number of rotatable bonds is 8. The molecule has 0 aliphatic heterocycles. The van der Waals surface area contributed by atoms with Crippen LogP contribution in [0.1, 0.15) is 19.3 Å². The third-order valence-electron chi connectivity index (χ3n) is 6.66. The lowest BCUT2D eigenvalue weighted by atomic mass is 9.89. The highest BCUT2D eigenvalue weighted by Gasteiger charge is 2.32. The number of likely N-dealkylation sites (N-methyl/N-ethyl adjacent to an activating group) is 1. The first kappa shape index (κ1) is 25.2. The van der Waals surface area contributed by atoms with Gasteiger partial charge in [0.05, 0.1) is 23.5 Å². The van der Waals surface area contributed by atoms with Crippen LogP contribution in [0.4, 0.5) is 23.1 Å². The summed E-state index contributed by atoms with van der Waals surface area (Å²) in [5, 5.41) is 8.17. The van der Waals surface area contributed by atoms with Crippen molar-refractivity contribution in [2.75, 3.05) is 31.8 Å². The number of nitrogens with zero attached hydrogens (tertiary/aromatic N) is 4. The molecule has 2 aromatic heterocycles. The van der Waals surface area contributed by atoms with Crippen LogP contribution in [0.3, 0.4) is 0 Å². The Morgan fingerprint density at radius 1 is 0.946 bits per heavy atom. The Morgan fingerprint density at radius 2 is 1.78 bits per heavy atom. The summed E-state index contributed by atoms with van der Waals surface area (Å²) < 4.78 is 12.0. The van der Waals surface area contributed by atoms with E-state index in [9.17, 15) is 0 Å². The van der Waals surface area contributed by atoms with Gasteiger partial charge in [-0.2, -0.15) is 4.98 Å². The second kappa shape index (κ2) is 11.3. The topological polar surface area (TPSA) is 84.4 Å². The highest BCUT2D eigenvalue weighted by Crippen LogP contribution is 2.29. The Balaban J connectivity index is 1.20. The largest absolute Gasteiger partial charge is 0.490 e. The van der Waals surface area contributed by atoms with Gasteiger partial charge >= 0.3 is 0 Å². The van der Waals surface area contributed by atoms with E-state index in [1.54, 1.807) is 19.5 Å². The van der Waals surface area contributed by atoms with Crippen LogP contribution in [0.5, 0.6) is 5.75 Å². The van der Waals surface area contributed by atoms with Gasteiger partial charge in [0.2, 0.25) is 5.95 Å². The lowest BCUT2D eigenvalue weighted by Crippen LogP contribution is -2.46. The van der Waals surface area contributed by atoms with E-state index in [0.29, 0.717) is 22.8 Å². The molecule has 1 saturated carbocycles. The molecule has 37 heavy (non-hydrogen) atoms. The lowest BCUT2D eigenvalue weighted by Gasteiger charge is -2.38. The molecule has 4 aromatic rings. The number of hydrogen-bond acceptors (Lipinski definition) is 8. The molecule has 5 rings (SSSR count). The van der Waals surface area contributed by atoms with Gasteiger partial charge in [-0.1, -0.05) is 11.6 Å². The molecule has 0 saturated heterocycles. The van der Waals surface area contributed by atoms with E-state index in [1.807, 2.05) is 54.6 Å². The second-order valence-electron chi connectivity index (χ2n) is 9.46. The molecule has 0 amide bonds. The van der Waals surface area contributed by atoms with Crippen LogP contribution < -0.4 is 15.4 Å². The summed E-state index contributed by atoms with van der Waals surface area (Å²) in [4.78, 5) is 15.6. The molecule has 2 heterocycles. The van der Waals surface area contributed by atoms with Crippen LogP contribution in [-0.2, 0) is 4.74 Å². The minimum absolute atomic E-state index is 0.145. The maximum atomic E-state index is 6.26. The minimum atomic E-state index is 0.145. The smallest absolute Gasteiger partial charge is 0.229 e. The maximum Gasteiger partial charge on any atom is 0.229 e. The number of benzene rings is 2. The molecule has 9 heteroatoms. The van der Waals surface area contributed by atoms with Crippen LogP contribution in [0.15, 0.2) is 67.0 Å². The molecule has 0 radical (unpaired) electrons. The van der Waals surface area contributed by atoms with E-state index in [1.165, 1.54) is 0 Å². The number of hydrogen-bond donors (Lipinski definition) is 2. The molecular formula is C28H31ClN6O2. The van der Waals surface area contributed by atoms with Crippen molar-refractivity contribution in [2.24, 2.45) is 0 Å². The first-order valence-corrected chi connectivity index (χ1v) is 12.7. The number of methoxy groups -OCH3 is 1. The second-order valence-corrected chi connectivity index (χ2v) is 9.90. The number of ether oxygens (including phenoxy) is 2. The van der Waals surface area contributed by atoms with Gasteiger partial charge < -0.3 is 25.0 Å². The highest BCUT2D eigenvalue weighted by atomic mass is 35.5. The van der Waals surface area contributed by atoms with Crippen molar-refractivity contribution in [2.45, 2.75) is 37.5 Å². The van der Waals surface area contributed by atoms with Crippen molar-refractivity contribution in [1.82, 2.24) is 19.9 Å². The van der Waals surface area contributed by atoms with Gasteiger partial charge in [-0.3, -0.25) is 4.98 Å². The van der Waals surface area contributed by atoms with E-state index < -0.39 is 0 Å². The van der Waals surface area contributed by atoms with E-state index in [-0.39, 0.29) is 12.2 Å². The SMILES string of the molecule is CO[C@H]1C[C@@H](Oc2ccc(Nc3nccc(Nc4cnc5ccc(Cl)cc5c4)n3)cc2)CC[C@@H]1N(C)C. The molecule has 1 fully saturated rings. The third kappa shape index (κ3) is 6.28. The fraction of sp³-hybridized carbons (Fsp3) is 0.321. The van der Waals surface area contributed by atoms with E-state index in [4.69, 9.17) is 21.1 Å². The summed E-state index contributed by atoms with van der Waals surface area (Å²) in [7, 11) is 6.00. The summed E-state index contributed by atoms with van der Waals surface area (Å²) >= 11 is 6.12. The Bertz CT molecular complexity index is 1350. The third-order valence-corrected chi connectivity index (χ3v) is 6.89. The number of fused-ring (bicyclic) bond motifs is 1. The van der Waals surface area contributed by atoms with Gasteiger partial charge in [-0.05, 0) is 81.5 Å². The first-order chi connectivity index (χ1) is 18.0. The van der Waals surface area contributed by atoms with Gasteiger partial charge in [0.1, 0.15) is 17.7 Å². The molecule has 2 N–H and O–H groups in total.